The summed E-state index contributed by atoms with van der Waals surface area (Å²) in [5, 5.41) is 13.1. The molecule has 78 valence electrons. The number of nitrogens with zero attached hydrogens (tertiary/aromatic N) is 2. The molecule has 0 amide bonds. The summed E-state index contributed by atoms with van der Waals surface area (Å²) in [5.74, 6) is 0. The first-order valence-electron chi connectivity index (χ1n) is 5.03. The van der Waals surface area contributed by atoms with Crippen LogP contribution in [0.15, 0.2) is 11.6 Å². The van der Waals surface area contributed by atoms with Crippen molar-refractivity contribution in [2.75, 3.05) is 18.5 Å². The van der Waals surface area contributed by atoms with Gasteiger partial charge in [0.05, 0.1) is 5.60 Å². The lowest BCUT2D eigenvalue weighted by molar-refractivity contribution is 0.0559. The minimum atomic E-state index is -0.472. The summed E-state index contributed by atoms with van der Waals surface area (Å²) in [7, 11) is 2.00. The van der Waals surface area contributed by atoms with Gasteiger partial charge >= 0.3 is 0 Å². The lowest BCUT2D eigenvalue weighted by atomic mass is 10.0. The third-order valence-electron chi connectivity index (χ3n) is 2.81. The molecule has 14 heavy (non-hydrogen) atoms. The van der Waals surface area contributed by atoms with Crippen molar-refractivity contribution in [3.05, 3.63) is 11.6 Å². The lowest BCUT2D eigenvalue weighted by Gasteiger charge is -2.28. The van der Waals surface area contributed by atoms with Crippen LogP contribution in [0.4, 0.5) is 5.13 Å². The molecule has 0 aromatic carbocycles. The zero-order chi connectivity index (χ0) is 10.0. The Morgan fingerprint density at radius 3 is 2.86 bits per heavy atom. The average Bonchev–Trinajstić information content (AvgIpc) is 2.74. The Morgan fingerprint density at radius 2 is 2.29 bits per heavy atom. The SMILES string of the molecule is CN(CC1(O)CCCC1)c1nccs1. The molecule has 0 bridgehead atoms. The first-order valence-corrected chi connectivity index (χ1v) is 5.91. The van der Waals surface area contributed by atoms with Gasteiger partial charge < -0.3 is 10.0 Å². The Morgan fingerprint density at radius 1 is 1.57 bits per heavy atom. The zero-order valence-corrected chi connectivity index (χ0v) is 9.26. The molecule has 0 atom stereocenters. The van der Waals surface area contributed by atoms with Crippen molar-refractivity contribution in [2.24, 2.45) is 0 Å². The Kier molecular flexibility index (Phi) is 2.74. The summed E-state index contributed by atoms with van der Waals surface area (Å²) >= 11 is 1.62. The third-order valence-corrected chi connectivity index (χ3v) is 3.70. The van der Waals surface area contributed by atoms with Crippen LogP contribution in [-0.2, 0) is 0 Å². The van der Waals surface area contributed by atoms with Crippen LogP contribution in [0.1, 0.15) is 25.7 Å². The number of likely N-dealkylation sites (N-methyl/N-ethyl adjacent to an activating group) is 1. The van der Waals surface area contributed by atoms with Crippen molar-refractivity contribution in [1.29, 1.82) is 0 Å². The standard InChI is InChI=1S/C10H16N2OS/c1-12(9-11-6-7-14-9)8-10(13)4-2-3-5-10/h6-7,13H,2-5,8H2,1H3. The van der Waals surface area contributed by atoms with E-state index in [0.717, 1.165) is 30.8 Å². The van der Waals surface area contributed by atoms with Gasteiger partial charge in [-0.2, -0.15) is 0 Å². The van der Waals surface area contributed by atoms with Crippen molar-refractivity contribution in [2.45, 2.75) is 31.3 Å². The summed E-state index contributed by atoms with van der Waals surface area (Å²) in [5.41, 5.74) is -0.472. The maximum absolute atomic E-state index is 10.2. The highest BCUT2D eigenvalue weighted by atomic mass is 32.1. The van der Waals surface area contributed by atoms with Gasteiger partial charge in [0.25, 0.3) is 0 Å². The second kappa shape index (κ2) is 3.87. The van der Waals surface area contributed by atoms with E-state index in [4.69, 9.17) is 0 Å². The van der Waals surface area contributed by atoms with E-state index in [2.05, 4.69) is 9.88 Å². The maximum atomic E-state index is 10.2. The molecule has 0 unspecified atom stereocenters. The molecule has 3 nitrogen and oxygen atoms in total. The van der Waals surface area contributed by atoms with E-state index >= 15 is 0 Å². The number of aliphatic hydroxyl groups is 1. The molecule has 1 aromatic heterocycles. The van der Waals surface area contributed by atoms with Gasteiger partial charge in [0.15, 0.2) is 5.13 Å². The van der Waals surface area contributed by atoms with Gasteiger partial charge in [0.2, 0.25) is 0 Å². The van der Waals surface area contributed by atoms with E-state index < -0.39 is 5.60 Å². The van der Waals surface area contributed by atoms with Crippen LogP contribution in [0.3, 0.4) is 0 Å². The van der Waals surface area contributed by atoms with Crippen molar-refractivity contribution >= 4 is 16.5 Å². The van der Waals surface area contributed by atoms with E-state index in [1.807, 2.05) is 12.4 Å². The number of anilines is 1. The predicted octanol–water partition coefficient (Wildman–Crippen LogP) is 1.88. The average molecular weight is 212 g/mol. The van der Waals surface area contributed by atoms with E-state index in [1.54, 1.807) is 17.5 Å². The van der Waals surface area contributed by atoms with Gasteiger partial charge in [-0.05, 0) is 12.8 Å². The molecule has 1 aliphatic rings. The van der Waals surface area contributed by atoms with Crippen LogP contribution in [0.2, 0.25) is 0 Å². The molecular formula is C10H16N2OS. The largest absolute Gasteiger partial charge is 0.388 e. The smallest absolute Gasteiger partial charge is 0.185 e. The van der Waals surface area contributed by atoms with Crippen molar-refractivity contribution < 1.29 is 5.11 Å². The highest BCUT2D eigenvalue weighted by Gasteiger charge is 2.32. The number of hydrogen-bond donors (Lipinski definition) is 1. The highest BCUT2D eigenvalue weighted by Crippen LogP contribution is 2.31. The molecule has 1 aromatic rings. The summed E-state index contributed by atoms with van der Waals surface area (Å²) in [6, 6.07) is 0. The van der Waals surface area contributed by atoms with E-state index in [-0.39, 0.29) is 0 Å². The molecule has 0 aliphatic heterocycles. The molecule has 1 heterocycles. The molecular weight excluding hydrogens is 196 g/mol. The zero-order valence-electron chi connectivity index (χ0n) is 8.44. The highest BCUT2D eigenvalue weighted by molar-refractivity contribution is 7.13. The topological polar surface area (TPSA) is 36.4 Å². The molecule has 1 fully saturated rings. The first-order chi connectivity index (χ1) is 6.70. The molecule has 1 N–H and O–H groups in total. The van der Waals surface area contributed by atoms with Crippen molar-refractivity contribution in [1.82, 2.24) is 4.98 Å². The second-order valence-corrected chi connectivity index (χ2v) is 4.98. The van der Waals surface area contributed by atoms with Gasteiger partial charge in [-0.1, -0.05) is 12.8 Å². The van der Waals surface area contributed by atoms with Crippen LogP contribution in [0.5, 0.6) is 0 Å². The molecule has 0 radical (unpaired) electrons. The van der Waals surface area contributed by atoms with Crippen LogP contribution in [-0.4, -0.2) is 29.3 Å². The number of aromatic nitrogens is 1. The van der Waals surface area contributed by atoms with E-state index in [9.17, 15) is 5.11 Å². The second-order valence-electron chi connectivity index (χ2n) is 4.10. The minimum Gasteiger partial charge on any atom is -0.388 e. The Labute approximate surface area is 88.4 Å². The Balaban J connectivity index is 1.97. The van der Waals surface area contributed by atoms with Gasteiger partial charge in [-0.3, -0.25) is 0 Å². The summed E-state index contributed by atoms with van der Waals surface area (Å²) in [6.07, 6.45) is 5.98. The quantitative estimate of drug-likeness (QED) is 0.831. The van der Waals surface area contributed by atoms with Crippen molar-refractivity contribution in [3.63, 3.8) is 0 Å². The predicted molar refractivity (Wildman–Crippen MR) is 58.8 cm³/mol. The first kappa shape index (κ1) is 9.93. The lowest BCUT2D eigenvalue weighted by Crippen LogP contribution is -2.39. The maximum Gasteiger partial charge on any atom is 0.185 e. The summed E-state index contributed by atoms with van der Waals surface area (Å²) in [4.78, 5) is 6.27. The number of hydrogen-bond acceptors (Lipinski definition) is 4. The summed E-state index contributed by atoms with van der Waals surface area (Å²) in [6.45, 7) is 0.709. The molecule has 0 saturated heterocycles. The molecule has 0 spiro atoms. The van der Waals surface area contributed by atoms with E-state index in [0.29, 0.717) is 6.54 Å². The normalized spacial score (nSPS) is 19.9. The van der Waals surface area contributed by atoms with Gasteiger partial charge in [-0.25, -0.2) is 4.98 Å². The molecule has 2 rings (SSSR count). The van der Waals surface area contributed by atoms with Gasteiger partial charge in [0.1, 0.15) is 0 Å². The van der Waals surface area contributed by atoms with Gasteiger partial charge in [-0.15, -0.1) is 11.3 Å². The summed E-state index contributed by atoms with van der Waals surface area (Å²) < 4.78 is 0. The minimum absolute atomic E-state index is 0.472. The monoisotopic (exact) mass is 212 g/mol. The molecule has 1 aliphatic carbocycles. The van der Waals surface area contributed by atoms with E-state index in [1.165, 1.54) is 0 Å². The molecule has 4 heteroatoms. The fourth-order valence-corrected chi connectivity index (χ4v) is 2.71. The van der Waals surface area contributed by atoms with Gasteiger partial charge in [0, 0.05) is 25.2 Å². The third kappa shape index (κ3) is 2.07. The number of rotatable bonds is 3. The number of thiazole rings is 1. The molecule has 1 saturated carbocycles. The van der Waals surface area contributed by atoms with Crippen LogP contribution in [0.25, 0.3) is 0 Å². The Hall–Kier alpha value is -0.610. The fourth-order valence-electron chi connectivity index (χ4n) is 2.10. The van der Waals surface area contributed by atoms with Crippen LogP contribution in [0, 0.1) is 0 Å². The van der Waals surface area contributed by atoms with Crippen LogP contribution < -0.4 is 4.90 Å². The fraction of sp³-hybridized carbons (Fsp3) is 0.700. The Bertz CT molecular complexity index is 280. The van der Waals surface area contributed by atoms with Crippen LogP contribution >= 0.6 is 11.3 Å². The van der Waals surface area contributed by atoms with Crippen molar-refractivity contribution in [3.8, 4) is 0 Å².